The largest absolute Gasteiger partial charge is 0.407 e. The minimum atomic E-state index is -1.62. The zero-order chi connectivity index (χ0) is 14.2. The van der Waals surface area contributed by atoms with E-state index in [9.17, 15) is 0 Å². The molecule has 0 rings (SSSR count). The zero-order valence-electron chi connectivity index (χ0n) is 13.3. The molecule has 0 aromatic carbocycles. The number of hydrogen-bond acceptors (Lipinski definition) is 3. The molecule has 0 aromatic rings. The topological polar surface area (TPSA) is 27.7 Å². The Kier molecular flexibility index (Phi) is 8.35. The Labute approximate surface area is 114 Å². The summed E-state index contributed by atoms with van der Waals surface area (Å²) in [5.74, 6) is 0.572. The lowest BCUT2D eigenvalue weighted by Crippen LogP contribution is -2.50. The van der Waals surface area contributed by atoms with Crippen molar-refractivity contribution in [1.29, 1.82) is 0 Å². The summed E-state index contributed by atoms with van der Waals surface area (Å²) < 4.78 is 17.7. The van der Waals surface area contributed by atoms with Gasteiger partial charge in [0.2, 0.25) is 0 Å². The molecular weight excluding hydrogens is 244 g/mol. The molecule has 0 aliphatic rings. The Morgan fingerprint density at radius 1 is 0.944 bits per heavy atom. The van der Waals surface area contributed by atoms with Crippen LogP contribution in [0.5, 0.6) is 0 Å². The second-order valence-electron chi connectivity index (χ2n) is 6.27. The number of ether oxygens (including phenoxy) is 2. The molecule has 0 N–H and O–H groups in total. The molecule has 0 aromatic heterocycles. The van der Waals surface area contributed by atoms with Gasteiger partial charge in [-0.3, -0.25) is 0 Å². The van der Waals surface area contributed by atoms with E-state index in [0.29, 0.717) is 19.1 Å². The van der Waals surface area contributed by atoms with Gasteiger partial charge in [0.1, 0.15) is 5.60 Å². The first kappa shape index (κ1) is 18.1. The number of hydrogen-bond donors (Lipinski definition) is 0. The van der Waals surface area contributed by atoms with E-state index in [1.807, 2.05) is 13.8 Å². The van der Waals surface area contributed by atoms with Crippen molar-refractivity contribution in [3.05, 3.63) is 0 Å². The molecule has 0 fully saturated rings. The van der Waals surface area contributed by atoms with Crippen LogP contribution < -0.4 is 0 Å². The molecule has 0 bridgehead atoms. The van der Waals surface area contributed by atoms with Gasteiger partial charge in [0.25, 0.3) is 0 Å². The molecule has 0 amide bonds. The van der Waals surface area contributed by atoms with Crippen molar-refractivity contribution in [2.45, 2.75) is 59.4 Å². The molecule has 0 aliphatic carbocycles. The van der Waals surface area contributed by atoms with Gasteiger partial charge in [-0.15, -0.1) is 0 Å². The van der Waals surface area contributed by atoms with Crippen LogP contribution in [0.2, 0.25) is 19.6 Å². The quantitative estimate of drug-likeness (QED) is 0.570. The van der Waals surface area contributed by atoms with E-state index >= 15 is 0 Å². The smallest absolute Gasteiger partial charge is 0.184 e. The Morgan fingerprint density at radius 2 is 1.39 bits per heavy atom. The first-order valence-corrected chi connectivity index (χ1v) is 10.5. The van der Waals surface area contributed by atoms with Crippen LogP contribution in [0.15, 0.2) is 0 Å². The highest BCUT2D eigenvalue weighted by Crippen LogP contribution is 2.27. The first-order valence-electron chi connectivity index (χ1n) is 7.10. The highest BCUT2D eigenvalue weighted by atomic mass is 28.4. The molecule has 4 heteroatoms. The molecule has 0 atom stereocenters. The Bertz CT molecular complexity index is 204. The molecule has 18 heavy (non-hydrogen) atoms. The van der Waals surface area contributed by atoms with Crippen LogP contribution in [-0.2, 0) is 13.9 Å². The van der Waals surface area contributed by atoms with Gasteiger partial charge in [-0.2, -0.15) is 0 Å². The standard InChI is InChI=1S/C14H32O3Si/c1-8-15-11-14(10-13(3)4,12-16-9-2)17-18(5,6)7/h13H,8-12H2,1-7H3. The van der Waals surface area contributed by atoms with E-state index < -0.39 is 8.32 Å². The lowest BCUT2D eigenvalue weighted by Gasteiger charge is -2.40. The summed E-state index contributed by atoms with van der Waals surface area (Å²) >= 11 is 0. The molecule has 110 valence electrons. The predicted molar refractivity (Wildman–Crippen MR) is 79.6 cm³/mol. The van der Waals surface area contributed by atoms with Crippen molar-refractivity contribution in [2.75, 3.05) is 26.4 Å². The van der Waals surface area contributed by atoms with E-state index in [1.165, 1.54) is 0 Å². The monoisotopic (exact) mass is 276 g/mol. The van der Waals surface area contributed by atoms with Crippen molar-refractivity contribution < 1.29 is 13.9 Å². The van der Waals surface area contributed by atoms with E-state index in [1.54, 1.807) is 0 Å². The molecule has 0 radical (unpaired) electrons. The van der Waals surface area contributed by atoms with Gasteiger partial charge in [0.05, 0.1) is 13.2 Å². The average molecular weight is 276 g/mol. The summed E-state index contributed by atoms with van der Waals surface area (Å²) in [6.07, 6.45) is 0.983. The summed E-state index contributed by atoms with van der Waals surface area (Å²) in [5.41, 5.74) is -0.273. The van der Waals surface area contributed by atoms with Crippen molar-refractivity contribution in [3.63, 3.8) is 0 Å². The van der Waals surface area contributed by atoms with E-state index in [0.717, 1.165) is 19.6 Å². The third kappa shape index (κ3) is 8.24. The number of rotatable bonds is 10. The third-order valence-electron chi connectivity index (χ3n) is 2.44. The lowest BCUT2D eigenvalue weighted by molar-refractivity contribution is -0.0904. The van der Waals surface area contributed by atoms with Gasteiger partial charge in [-0.05, 0) is 45.8 Å². The Balaban J connectivity index is 4.85. The van der Waals surface area contributed by atoms with Crippen LogP contribution in [0.1, 0.15) is 34.1 Å². The molecular formula is C14H32O3Si. The zero-order valence-corrected chi connectivity index (χ0v) is 14.3. The highest BCUT2D eigenvalue weighted by molar-refractivity contribution is 6.69. The fraction of sp³-hybridized carbons (Fsp3) is 1.00. The highest BCUT2D eigenvalue weighted by Gasteiger charge is 2.37. The van der Waals surface area contributed by atoms with Gasteiger partial charge in [-0.1, -0.05) is 13.8 Å². The van der Waals surface area contributed by atoms with Crippen molar-refractivity contribution in [2.24, 2.45) is 5.92 Å². The van der Waals surface area contributed by atoms with Crippen LogP contribution in [0.25, 0.3) is 0 Å². The van der Waals surface area contributed by atoms with Crippen molar-refractivity contribution >= 4 is 8.32 Å². The molecule has 0 saturated carbocycles. The Hall–Kier alpha value is 0.0969. The summed E-state index contributed by atoms with van der Waals surface area (Å²) in [5, 5.41) is 0. The second kappa shape index (κ2) is 8.30. The lowest BCUT2D eigenvalue weighted by atomic mass is 9.94. The average Bonchev–Trinajstić information content (AvgIpc) is 2.20. The fourth-order valence-corrected chi connectivity index (χ4v) is 3.73. The van der Waals surface area contributed by atoms with Gasteiger partial charge >= 0.3 is 0 Å². The molecule has 0 spiro atoms. The van der Waals surface area contributed by atoms with E-state index in [4.69, 9.17) is 13.9 Å². The minimum Gasteiger partial charge on any atom is -0.407 e. The van der Waals surface area contributed by atoms with Crippen molar-refractivity contribution in [1.82, 2.24) is 0 Å². The maximum Gasteiger partial charge on any atom is 0.184 e. The van der Waals surface area contributed by atoms with E-state index in [2.05, 4.69) is 33.5 Å². The molecule has 0 saturated heterocycles. The maximum atomic E-state index is 6.43. The minimum absolute atomic E-state index is 0.273. The van der Waals surface area contributed by atoms with Crippen molar-refractivity contribution in [3.8, 4) is 0 Å². The molecule has 0 heterocycles. The van der Waals surface area contributed by atoms with Crippen LogP contribution >= 0.6 is 0 Å². The van der Waals surface area contributed by atoms with Gasteiger partial charge in [0, 0.05) is 13.2 Å². The van der Waals surface area contributed by atoms with Gasteiger partial charge in [-0.25, -0.2) is 0 Å². The van der Waals surface area contributed by atoms with Crippen LogP contribution in [-0.4, -0.2) is 40.3 Å². The summed E-state index contributed by atoms with van der Waals surface area (Å²) in [7, 11) is -1.62. The van der Waals surface area contributed by atoms with Crippen LogP contribution in [0.4, 0.5) is 0 Å². The second-order valence-corrected chi connectivity index (χ2v) is 10.7. The molecule has 3 nitrogen and oxygen atoms in total. The fourth-order valence-electron chi connectivity index (χ4n) is 2.23. The SMILES string of the molecule is CCOCC(COCC)(CC(C)C)O[Si](C)(C)C. The predicted octanol–water partition coefficient (Wildman–Crippen LogP) is 3.70. The maximum absolute atomic E-state index is 6.43. The van der Waals surface area contributed by atoms with Crippen LogP contribution in [0, 0.1) is 5.92 Å². The first-order chi connectivity index (χ1) is 8.24. The Morgan fingerprint density at radius 3 is 1.67 bits per heavy atom. The summed E-state index contributed by atoms with van der Waals surface area (Å²) in [6.45, 7) is 17.9. The normalized spacial score (nSPS) is 13.3. The van der Waals surface area contributed by atoms with E-state index in [-0.39, 0.29) is 5.60 Å². The third-order valence-corrected chi connectivity index (χ3v) is 3.49. The van der Waals surface area contributed by atoms with Gasteiger partial charge in [0.15, 0.2) is 8.32 Å². The molecule has 0 unspecified atom stereocenters. The summed E-state index contributed by atoms with van der Waals surface area (Å²) in [6, 6.07) is 0. The summed E-state index contributed by atoms with van der Waals surface area (Å²) in [4.78, 5) is 0. The molecule has 0 aliphatic heterocycles. The van der Waals surface area contributed by atoms with Crippen LogP contribution in [0.3, 0.4) is 0 Å². The van der Waals surface area contributed by atoms with Gasteiger partial charge < -0.3 is 13.9 Å².